The number of phenolic OH excluding ortho intramolecular Hbond substituents is 1. The first-order valence-electron chi connectivity index (χ1n) is 29.2. The molecule has 3 saturated heterocycles. The van der Waals surface area contributed by atoms with Gasteiger partial charge in [0.25, 0.3) is 11.9 Å². The number of nitrogens with zero attached hydrogens (tertiary/aromatic N) is 2. The van der Waals surface area contributed by atoms with E-state index in [-0.39, 0.29) is 56.8 Å². The highest BCUT2D eigenvalue weighted by Gasteiger charge is 2.49. The van der Waals surface area contributed by atoms with E-state index in [4.69, 9.17) is 31.3 Å². The van der Waals surface area contributed by atoms with E-state index < -0.39 is 158 Å². The Morgan fingerprint density at radius 2 is 1.25 bits per heavy atom. The normalized spacial score (nSPS) is 26.5. The van der Waals surface area contributed by atoms with Gasteiger partial charge in [-0.25, -0.2) is 0 Å². The number of carboxylic acids is 2. The van der Waals surface area contributed by atoms with E-state index in [1.165, 1.54) is 30.7 Å². The molecule has 3 fully saturated rings. The highest BCUT2D eigenvalue weighted by molar-refractivity contribution is 5.98. The zero-order valence-electron chi connectivity index (χ0n) is 49.7. The van der Waals surface area contributed by atoms with Gasteiger partial charge in [0.2, 0.25) is 41.4 Å². The first kappa shape index (κ1) is 74.9. The molecule has 85 heavy (non-hydrogen) atoms. The Morgan fingerprint density at radius 3 is 1.82 bits per heavy atom. The fraction of sp³-hybridized carbons (Fsp3) is 0.732. The number of fused-ring (bicyclic) bond motifs is 2. The van der Waals surface area contributed by atoms with Gasteiger partial charge in [0.1, 0.15) is 60.4 Å². The van der Waals surface area contributed by atoms with Crippen molar-refractivity contribution in [1.82, 2.24) is 41.7 Å². The summed E-state index contributed by atoms with van der Waals surface area (Å²) in [6, 6.07) is -6.40. The lowest BCUT2D eigenvalue weighted by Gasteiger charge is -2.35. The molecule has 0 aromatic heterocycles. The number of aliphatic hydroxyl groups excluding tert-OH is 7. The van der Waals surface area contributed by atoms with Crippen molar-refractivity contribution in [3.63, 3.8) is 0 Å². The van der Waals surface area contributed by atoms with Gasteiger partial charge in [-0.05, 0) is 68.7 Å². The van der Waals surface area contributed by atoms with Crippen molar-refractivity contribution in [3.8, 4) is 5.75 Å². The zero-order chi connectivity index (χ0) is 64.2. The van der Waals surface area contributed by atoms with Gasteiger partial charge in [-0.3, -0.25) is 48.5 Å². The summed E-state index contributed by atoms with van der Waals surface area (Å²) in [5.41, 5.74) is 11.5. The predicted octanol–water partition coefficient (Wildman–Crippen LogP) is -3.13. The lowest BCUT2D eigenvalue weighted by molar-refractivity contribution is -0.148. The molecule has 0 aliphatic carbocycles. The van der Waals surface area contributed by atoms with Crippen LogP contribution < -0.4 is 43.4 Å². The molecule has 0 saturated carbocycles. The fourth-order valence-electron chi connectivity index (χ4n) is 10.2. The number of hydrogen-bond donors (Lipinski definition) is 18. The summed E-state index contributed by atoms with van der Waals surface area (Å²) >= 11 is 0. The lowest BCUT2D eigenvalue weighted by atomic mass is 9.91. The molecule has 484 valence electrons. The van der Waals surface area contributed by atoms with Crippen LogP contribution in [0, 0.1) is 11.8 Å². The Bertz CT molecular complexity index is 2270. The molecular formula is C56H96N10O19. The first-order chi connectivity index (χ1) is 40.0. The molecule has 3 aliphatic rings. The number of unbranched alkanes of at least 4 members (excludes halogenated alkanes) is 5. The van der Waals surface area contributed by atoms with Gasteiger partial charge in [0.05, 0.1) is 30.5 Å². The second kappa shape index (κ2) is 38.1. The van der Waals surface area contributed by atoms with Crippen molar-refractivity contribution in [2.24, 2.45) is 23.3 Å². The van der Waals surface area contributed by atoms with E-state index in [1.807, 2.05) is 0 Å². The van der Waals surface area contributed by atoms with E-state index in [9.17, 15) is 74.4 Å². The Morgan fingerprint density at radius 1 is 0.682 bits per heavy atom. The van der Waals surface area contributed by atoms with Crippen LogP contribution in [0.3, 0.4) is 0 Å². The summed E-state index contributed by atoms with van der Waals surface area (Å²) in [6.07, 6.45) is -6.95. The molecule has 20 N–H and O–H groups in total. The number of carboxylic acid groups (broad SMARTS) is 2. The van der Waals surface area contributed by atoms with Crippen molar-refractivity contribution in [1.29, 1.82) is 0 Å². The number of nitrogens with one attached hydrogen (secondary N) is 6. The van der Waals surface area contributed by atoms with Crippen LogP contribution in [-0.4, -0.2) is 226 Å². The topological polar surface area (TPSA) is 487 Å². The summed E-state index contributed by atoms with van der Waals surface area (Å²) in [5, 5.41) is 119. The standard InChI is InChI=1S/C52H88N10O15.2C2H4O2/c1-5-28(2)24-29(3)12-10-8-6-7-9-11-13-39(69)56-34-26-38(68)46(55-22-21-54)60-50(75)43-37(67)19-23-61(43)52(77)41(36(66)18-20-53)58-49(74)42(45(71)44(70)31-14-16-32(64)17-15-31)59-48(73)35-25-33(65)27-62(35)51(76)40(30(4)63)57-47(34)72;2*1-2(3)4/h14-17,28-30,33-38,40-46,55,63-68,70-71H,5-13,18-27,53-54H2,1-4H3,(H,56,69)(H,57,72)(H,58,74)(H,59,73)(H,60,75);2*1H3,(H,3,4)/t28?,29?,30-,33-,34+,35+,36+,37+,38-,40+,41+,42+,43+,44+,45+,46-;;/m1../s1. The van der Waals surface area contributed by atoms with Crippen LogP contribution in [0.15, 0.2) is 24.3 Å². The number of benzene rings is 1. The summed E-state index contributed by atoms with van der Waals surface area (Å²) in [7, 11) is 0. The van der Waals surface area contributed by atoms with E-state index in [2.05, 4.69) is 52.7 Å². The SMILES string of the molecule is CC(=O)O.CC(=O)O.CCC(C)CC(C)CCCCCCCCC(=O)N[C@H]1C[C@@H](O)[C@H](NCCN)NC(=O)[C@@H]2[C@@H](O)CCN2C(=O)[C@H]([C@@H](O)CCN)NC(=O)[C@H]([C@H](O)[C@@H](O)c2ccc(O)cc2)NC(=O)[C@@H]2C[C@@H](O)CN2C(=O)[C@H]([C@@H](C)O)NC1=O. The minimum absolute atomic E-state index is 0.0257. The fourth-order valence-corrected chi connectivity index (χ4v) is 10.2. The van der Waals surface area contributed by atoms with Crippen LogP contribution in [0.5, 0.6) is 5.75 Å². The van der Waals surface area contributed by atoms with Crippen molar-refractivity contribution in [2.75, 3.05) is 32.7 Å². The van der Waals surface area contributed by atoms with Crippen molar-refractivity contribution in [3.05, 3.63) is 29.8 Å². The van der Waals surface area contributed by atoms with Crippen molar-refractivity contribution in [2.45, 2.75) is 217 Å². The van der Waals surface area contributed by atoms with Crippen LogP contribution in [0.1, 0.15) is 143 Å². The van der Waals surface area contributed by atoms with Crippen LogP contribution in [0.2, 0.25) is 0 Å². The summed E-state index contributed by atoms with van der Waals surface area (Å²) < 4.78 is 0. The Balaban J connectivity index is 0.00000289. The van der Waals surface area contributed by atoms with Gasteiger partial charge >= 0.3 is 0 Å². The van der Waals surface area contributed by atoms with Gasteiger partial charge in [-0.15, -0.1) is 0 Å². The molecule has 2 unspecified atom stereocenters. The largest absolute Gasteiger partial charge is 0.508 e. The Hall–Kier alpha value is -6.15. The summed E-state index contributed by atoms with van der Waals surface area (Å²) in [4.78, 5) is 120. The van der Waals surface area contributed by atoms with E-state index in [1.54, 1.807) is 0 Å². The van der Waals surface area contributed by atoms with Crippen LogP contribution in [-0.2, 0) is 43.2 Å². The number of phenols is 1. The predicted molar refractivity (Wildman–Crippen MR) is 307 cm³/mol. The van der Waals surface area contributed by atoms with Gasteiger partial charge in [0, 0.05) is 59.3 Å². The number of amides is 7. The smallest absolute Gasteiger partial charge is 0.300 e. The van der Waals surface area contributed by atoms with Gasteiger partial charge in [0.15, 0.2) is 0 Å². The van der Waals surface area contributed by atoms with Crippen LogP contribution in [0.25, 0.3) is 0 Å². The molecule has 0 spiro atoms. The molecule has 1 aromatic rings. The van der Waals surface area contributed by atoms with Gasteiger partial charge in [-0.1, -0.05) is 77.8 Å². The number of aliphatic carboxylic acids is 2. The maximum atomic E-state index is 14.6. The first-order valence-corrected chi connectivity index (χ1v) is 29.2. The Labute approximate surface area is 496 Å². The second-order valence-electron chi connectivity index (χ2n) is 22.3. The average Bonchev–Trinajstić information content (AvgIpc) is 2.52. The number of carbonyl (C=O) groups is 9. The lowest BCUT2D eigenvalue weighted by Crippen LogP contribution is -2.65. The molecule has 3 aliphatic heterocycles. The summed E-state index contributed by atoms with van der Waals surface area (Å²) in [6.45, 7) is 8.90. The highest BCUT2D eigenvalue weighted by Crippen LogP contribution is 2.27. The molecule has 1 aromatic carbocycles. The Kier molecular flexibility index (Phi) is 33.6. The van der Waals surface area contributed by atoms with E-state index >= 15 is 0 Å². The molecule has 7 amide bonds. The number of aromatic hydroxyl groups is 1. The number of carbonyl (C=O) groups excluding carboxylic acids is 7. The molecule has 3 heterocycles. The minimum Gasteiger partial charge on any atom is -0.508 e. The summed E-state index contributed by atoms with van der Waals surface area (Å²) in [5.74, 6) is -8.10. The third kappa shape index (κ3) is 25.4. The quantitative estimate of drug-likeness (QED) is 0.0482. The maximum absolute atomic E-state index is 14.6. The second-order valence-corrected chi connectivity index (χ2v) is 22.3. The number of hydrogen-bond acceptors (Lipinski definition) is 20. The van der Waals surface area contributed by atoms with E-state index in [0.717, 1.165) is 69.1 Å². The number of aliphatic hydroxyl groups is 7. The third-order valence-electron chi connectivity index (χ3n) is 14.9. The average molecular weight is 1210 g/mol. The van der Waals surface area contributed by atoms with Crippen LogP contribution >= 0.6 is 0 Å². The minimum atomic E-state index is -2.28. The number of nitrogens with two attached hydrogens (primary N) is 2. The van der Waals surface area contributed by atoms with Crippen molar-refractivity contribution < 1.29 is 94.2 Å². The molecule has 29 nitrogen and oxygen atoms in total. The maximum Gasteiger partial charge on any atom is 0.300 e. The molecule has 4 rings (SSSR count). The molecule has 29 heteroatoms. The van der Waals surface area contributed by atoms with Gasteiger partial charge in [-0.2, -0.15) is 0 Å². The highest BCUT2D eigenvalue weighted by atomic mass is 16.4. The molecule has 16 atom stereocenters. The van der Waals surface area contributed by atoms with Gasteiger partial charge < -0.3 is 98.9 Å². The van der Waals surface area contributed by atoms with E-state index in [0.29, 0.717) is 24.7 Å². The zero-order valence-corrected chi connectivity index (χ0v) is 49.7. The van der Waals surface area contributed by atoms with Crippen LogP contribution in [0.4, 0.5) is 0 Å². The third-order valence-corrected chi connectivity index (χ3v) is 14.9. The molecular weight excluding hydrogens is 1120 g/mol. The molecule has 0 radical (unpaired) electrons. The number of rotatable bonds is 23. The molecule has 0 bridgehead atoms. The monoisotopic (exact) mass is 1210 g/mol. The van der Waals surface area contributed by atoms with Crippen molar-refractivity contribution >= 4 is 53.3 Å².